The average Bonchev–Trinajstić information content (AvgIpc) is 3.40. The molecule has 5 N–H and O–H groups in total. The Kier molecular flexibility index (Phi) is 28.8. The number of hydrogen-bond acceptors (Lipinski definition) is 10. The second kappa shape index (κ2) is 34.5. The monoisotopic (exact) mass is 1220 g/mol. The number of fused-ring (bicyclic) bond motifs is 2. The van der Waals surface area contributed by atoms with Crippen LogP contribution in [0.1, 0.15) is 187 Å². The fourth-order valence-corrected chi connectivity index (χ4v) is 12.8. The Bertz CT molecular complexity index is 2490. The van der Waals surface area contributed by atoms with E-state index in [0.717, 1.165) is 150 Å². The van der Waals surface area contributed by atoms with Crippen molar-refractivity contribution in [2.24, 2.45) is 0 Å². The Labute approximate surface area is 488 Å². The van der Waals surface area contributed by atoms with Crippen LogP contribution in [-0.4, -0.2) is 103 Å². The van der Waals surface area contributed by atoms with Gasteiger partial charge in [-0.1, -0.05) is 113 Å². The van der Waals surface area contributed by atoms with E-state index in [1.54, 1.807) is 48.5 Å². The number of rotatable bonds is 30. The number of thioether (sulfide) groups is 1. The Morgan fingerprint density at radius 2 is 0.867 bits per heavy atom. The van der Waals surface area contributed by atoms with Gasteiger partial charge in [0.15, 0.2) is 6.29 Å². The molecule has 1 fully saturated rings. The van der Waals surface area contributed by atoms with Crippen molar-refractivity contribution >= 4 is 22.6 Å². The Hall–Kier alpha value is -4.60. The van der Waals surface area contributed by atoms with Crippen molar-refractivity contribution in [2.45, 2.75) is 195 Å². The molecule has 7 rings (SSSR count). The first-order chi connectivity index (χ1) is 39.5. The molecule has 3 aliphatic heterocycles. The number of halogens is 10. The maximum Gasteiger partial charge on any atom is 0.453 e. The maximum absolute atomic E-state index is 12.9. The molecule has 0 aromatic heterocycles. The van der Waals surface area contributed by atoms with E-state index in [9.17, 15) is 68.5 Å². The number of aromatic hydroxyl groups is 4. The second-order valence-corrected chi connectivity index (χ2v) is 24.7. The third-order valence-electron chi connectivity index (χ3n) is 15.3. The van der Waals surface area contributed by atoms with Crippen LogP contribution in [0.3, 0.4) is 0 Å². The van der Waals surface area contributed by atoms with Crippen LogP contribution in [0.4, 0.5) is 43.9 Å². The van der Waals surface area contributed by atoms with Crippen molar-refractivity contribution in [1.82, 2.24) is 0 Å². The van der Waals surface area contributed by atoms with Crippen LogP contribution in [0, 0.1) is 0 Å². The molecule has 9 nitrogen and oxygen atoms in total. The smallest absolute Gasteiger partial charge is 0.453 e. The molecule has 4 aromatic rings. The highest BCUT2D eigenvalue weighted by atomic mass is 32.2. The molecule has 1 saturated heterocycles. The zero-order chi connectivity index (χ0) is 60.5. The van der Waals surface area contributed by atoms with Crippen molar-refractivity contribution in [3.8, 4) is 34.5 Å². The zero-order valence-electron chi connectivity index (χ0n) is 46.9. The second-order valence-electron chi connectivity index (χ2n) is 21.7. The Balaban J connectivity index is 0.000000275. The van der Waals surface area contributed by atoms with Gasteiger partial charge in [-0.2, -0.15) is 55.7 Å². The maximum atomic E-state index is 12.9. The molecule has 6 atom stereocenters. The first-order valence-corrected chi connectivity index (χ1v) is 31.7. The van der Waals surface area contributed by atoms with Gasteiger partial charge in [-0.3, -0.25) is 4.21 Å². The van der Waals surface area contributed by atoms with Crippen LogP contribution >= 0.6 is 11.8 Å². The van der Waals surface area contributed by atoms with Gasteiger partial charge in [-0.25, -0.2) is 0 Å². The Morgan fingerprint density at radius 1 is 0.482 bits per heavy atom. The van der Waals surface area contributed by atoms with Crippen LogP contribution < -0.4 is 9.47 Å². The molecule has 21 heteroatoms. The number of alkyl halides is 10. The first kappa shape index (κ1) is 69.2. The normalized spacial score (nSPS) is 19.2. The predicted molar refractivity (Wildman–Crippen MR) is 305 cm³/mol. The average molecular weight is 1230 g/mol. The van der Waals surface area contributed by atoms with Gasteiger partial charge in [-0.05, 0) is 127 Å². The zero-order valence-corrected chi connectivity index (χ0v) is 48.6. The fraction of sp³-hybridized carbons (Fsp3) is 0.613. The molecule has 0 aliphatic carbocycles. The Morgan fingerprint density at radius 3 is 1.28 bits per heavy atom. The van der Waals surface area contributed by atoms with E-state index in [4.69, 9.17) is 19.3 Å². The van der Waals surface area contributed by atoms with Gasteiger partial charge in [0, 0.05) is 72.1 Å². The van der Waals surface area contributed by atoms with Crippen LogP contribution in [0.2, 0.25) is 0 Å². The van der Waals surface area contributed by atoms with Crippen LogP contribution in [0.5, 0.6) is 34.5 Å². The number of phenolic OH excluding ortho intramolecular Hbond substituents is 4. The van der Waals surface area contributed by atoms with Crippen molar-refractivity contribution in [2.75, 3.05) is 42.8 Å². The summed E-state index contributed by atoms with van der Waals surface area (Å²) in [5.74, 6) is -4.95. The van der Waals surface area contributed by atoms with E-state index >= 15 is 0 Å². The van der Waals surface area contributed by atoms with Gasteiger partial charge < -0.3 is 39.7 Å². The SMILES string of the molecule is O=S(CCCCCCCCC[C@@H]1c2ccc(O)cc2OC[C@@H]1c1ccc(O)cc1)CCCC(F)(F)C(F)(F)F.OC1CCCO1.Oc1ccc([C@H]2COc3cc(O)ccc3[C@H]2CCCCCCCCCSCCCC(F)(F)C(F)(F)F)cc1. The van der Waals surface area contributed by atoms with Gasteiger partial charge in [0.05, 0.1) is 13.2 Å². The quantitative estimate of drug-likeness (QED) is 0.0253. The summed E-state index contributed by atoms with van der Waals surface area (Å²) < 4.78 is 153. The third kappa shape index (κ3) is 23.7. The molecule has 3 aliphatic rings. The number of ether oxygens (including phenoxy) is 3. The molecule has 2 unspecified atom stereocenters. The number of unbranched alkanes of at least 4 members (excludes halogenated alkanes) is 12. The highest BCUT2D eigenvalue weighted by Crippen LogP contribution is 2.48. The van der Waals surface area contributed by atoms with Crippen molar-refractivity contribution in [1.29, 1.82) is 0 Å². The molecule has 0 radical (unpaired) electrons. The molecule has 83 heavy (non-hydrogen) atoms. The molecule has 3 heterocycles. The van der Waals surface area contributed by atoms with Gasteiger partial charge in [0.1, 0.15) is 34.5 Å². The summed E-state index contributed by atoms with van der Waals surface area (Å²) in [6, 6.07) is 25.1. The first-order valence-electron chi connectivity index (χ1n) is 29.1. The number of hydrogen-bond donors (Lipinski definition) is 5. The van der Waals surface area contributed by atoms with Gasteiger partial charge in [0.2, 0.25) is 0 Å². The molecule has 466 valence electrons. The van der Waals surface area contributed by atoms with E-state index < -0.39 is 60.5 Å². The minimum atomic E-state index is -5.55. The van der Waals surface area contributed by atoms with Gasteiger partial charge >= 0.3 is 24.2 Å². The summed E-state index contributed by atoms with van der Waals surface area (Å²) in [5, 5.41) is 47.6. The number of aliphatic hydroxyl groups excluding tert-OH is 1. The molecule has 0 bridgehead atoms. The van der Waals surface area contributed by atoms with Crippen molar-refractivity contribution < 1.29 is 87.9 Å². The minimum absolute atomic E-state index is 0.133. The number of phenols is 4. The lowest BCUT2D eigenvalue weighted by atomic mass is 9.77. The topological polar surface area (TPSA) is 146 Å². The minimum Gasteiger partial charge on any atom is -0.508 e. The van der Waals surface area contributed by atoms with E-state index in [-0.39, 0.29) is 58.8 Å². The van der Waals surface area contributed by atoms with Crippen molar-refractivity contribution in [3.63, 3.8) is 0 Å². The van der Waals surface area contributed by atoms with E-state index in [1.165, 1.54) is 11.8 Å². The molecule has 0 amide bonds. The largest absolute Gasteiger partial charge is 0.508 e. The van der Waals surface area contributed by atoms with E-state index in [2.05, 4.69) is 0 Å². The summed E-state index contributed by atoms with van der Waals surface area (Å²) in [6.45, 7) is 1.76. The predicted octanol–water partition coefficient (Wildman–Crippen LogP) is 17.5. The van der Waals surface area contributed by atoms with E-state index in [1.807, 2.05) is 36.4 Å². The summed E-state index contributed by atoms with van der Waals surface area (Å²) in [4.78, 5) is 0. The highest BCUT2D eigenvalue weighted by molar-refractivity contribution is 7.99. The van der Waals surface area contributed by atoms with E-state index in [0.29, 0.717) is 36.9 Å². The van der Waals surface area contributed by atoms with Gasteiger partial charge in [0.25, 0.3) is 0 Å². The standard InChI is InChI=1S/C29H37F5O4S.C29H37F5O3S.C4H8O2/c30-28(31,29(32,33)34)16-8-18-39(37)17-7-5-3-1-2-4-6-9-24-25-15-14-23(36)19-27(25)38-20-26(24)21-10-12-22(35)13-11-21;30-28(31,29(32,33)34)16-8-18-38-17-7-5-3-1-2-4-6-9-24-25-15-14-23(36)19-27(25)37-20-26(24)21-10-12-22(35)13-11-21;5-4-2-1-3-6-4/h10-15,19,24,26,35-36H,1-9,16-18,20H2;10-15,19,24,26,35-36H,1-9,16-18,20H2;4-5H,1-3H2/t24-,26-,39?;24-,26-;/m11./s1. The number of benzene rings is 4. The molecular formula is C62H82F10O9S2. The summed E-state index contributed by atoms with van der Waals surface area (Å²) in [7, 11) is -1.38. The molecule has 0 saturated carbocycles. The van der Waals surface area contributed by atoms with Crippen LogP contribution in [-0.2, 0) is 15.5 Å². The molecular weight excluding hydrogens is 1140 g/mol. The lowest BCUT2D eigenvalue weighted by Crippen LogP contribution is -2.36. The lowest BCUT2D eigenvalue weighted by molar-refractivity contribution is -0.284. The summed E-state index contributed by atoms with van der Waals surface area (Å²) in [6.07, 6.45) is 3.41. The summed E-state index contributed by atoms with van der Waals surface area (Å²) >= 11 is 1.45. The lowest BCUT2D eigenvalue weighted by Gasteiger charge is -2.34. The van der Waals surface area contributed by atoms with Crippen LogP contribution in [0.25, 0.3) is 0 Å². The van der Waals surface area contributed by atoms with Crippen LogP contribution in [0.15, 0.2) is 84.9 Å². The van der Waals surface area contributed by atoms with Gasteiger partial charge in [-0.15, -0.1) is 0 Å². The molecule has 4 aromatic carbocycles. The van der Waals surface area contributed by atoms with Crippen molar-refractivity contribution in [3.05, 3.63) is 107 Å². The summed E-state index contributed by atoms with van der Waals surface area (Å²) in [5.41, 5.74) is 4.40. The third-order valence-corrected chi connectivity index (χ3v) is 18.0. The molecule has 0 spiro atoms. The fourth-order valence-electron chi connectivity index (χ4n) is 10.6. The highest BCUT2D eigenvalue weighted by Gasteiger charge is 2.57. The number of aliphatic hydroxyl groups is 1.